The molecule has 0 radical (unpaired) electrons. The number of rotatable bonds is 5. The summed E-state index contributed by atoms with van der Waals surface area (Å²) in [6.45, 7) is 2.34. The summed E-state index contributed by atoms with van der Waals surface area (Å²) in [5.41, 5.74) is 1.57. The molecule has 0 spiro atoms. The minimum absolute atomic E-state index is 0.0797. The van der Waals surface area contributed by atoms with Gasteiger partial charge in [-0.2, -0.15) is 4.31 Å². The van der Waals surface area contributed by atoms with Gasteiger partial charge in [-0.1, -0.05) is 5.21 Å². The monoisotopic (exact) mass is 401 g/mol. The van der Waals surface area contributed by atoms with Gasteiger partial charge in [0.25, 0.3) is 5.91 Å². The second-order valence-corrected chi connectivity index (χ2v) is 9.84. The highest BCUT2D eigenvalue weighted by molar-refractivity contribution is 7.89. The fourth-order valence-electron chi connectivity index (χ4n) is 3.85. The highest BCUT2D eigenvalue weighted by atomic mass is 32.2. The summed E-state index contributed by atoms with van der Waals surface area (Å²) in [5, 5.41) is 8.42. The summed E-state index contributed by atoms with van der Waals surface area (Å²) in [7, 11) is -3.45. The minimum atomic E-state index is -3.45. The highest BCUT2D eigenvalue weighted by Crippen LogP contribution is 2.39. The standard InChI is InChI=1S/C19H23N5O3S/c25-19(22-11-16(12-22)24-13-18(20-21-24)14-3-4-14)15-5-7-17(8-6-15)28(26,27)23-9-1-2-10-23/h5-8,13-14,16H,1-4,9-12H2. The van der Waals surface area contributed by atoms with Gasteiger partial charge in [0, 0.05) is 43.9 Å². The number of aromatic nitrogens is 3. The summed E-state index contributed by atoms with van der Waals surface area (Å²) in [5.74, 6) is 0.491. The normalized spacial score (nSPS) is 21.1. The lowest BCUT2D eigenvalue weighted by Gasteiger charge is -2.38. The predicted octanol–water partition coefficient (Wildman–Crippen LogP) is 1.64. The van der Waals surface area contributed by atoms with Crippen LogP contribution >= 0.6 is 0 Å². The summed E-state index contributed by atoms with van der Waals surface area (Å²) in [4.78, 5) is 14.7. The first-order valence-corrected chi connectivity index (χ1v) is 11.3. The molecule has 8 nitrogen and oxygen atoms in total. The molecule has 28 heavy (non-hydrogen) atoms. The number of sulfonamides is 1. The van der Waals surface area contributed by atoms with Gasteiger partial charge < -0.3 is 4.90 Å². The van der Waals surface area contributed by atoms with Crippen molar-refractivity contribution in [3.05, 3.63) is 41.7 Å². The van der Waals surface area contributed by atoms with Crippen LogP contribution < -0.4 is 0 Å². The smallest absolute Gasteiger partial charge is 0.254 e. The van der Waals surface area contributed by atoms with Gasteiger partial charge >= 0.3 is 0 Å². The van der Waals surface area contributed by atoms with Crippen molar-refractivity contribution < 1.29 is 13.2 Å². The molecule has 2 aromatic rings. The maximum Gasteiger partial charge on any atom is 0.254 e. The Morgan fingerprint density at radius 3 is 2.36 bits per heavy atom. The van der Waals surface area contributed by atoms with E-state index in [1.165, 1.54) is 29.3 Å². The molecule has 1 amide bonds. The number of carbonyl (C=O) groups is 1. The maximum atomic E-state index is 12.7. The van der Waals surface area contributed by atoms with E-state index in [-0.39, 0.29) is 16.8 Å². The van der Waals surface area contributed by atoms with Gasteiger partial charge in [0.15, 0.2) is 0 Å². The number of nitrogens with zero attached hydrogens (tertiary/aromatic N) is 5. The van der Waals surface area contributed by atoms with E-state index in [0.29, 0.717) is 37.7 Å². The van der Waals surface area contributed by atoms with Crippen LogP contribution in [0.4, 0.5) is 0 Å². The van der Waals surface area contributed by atoms with Gasteiger partial charge in [0.2, 0.25) is 10.0 Å². The topological polar surface area (TPSA) is 88.4 Å². The zero-order valence-electron chi connectivity index (χ0n) is 15.6. The van der Waals surface area contributed by atoms with Crippen LogP contribution in [0.1, 0.15) is 53.7 Å². The molecule has 1 aromatic carbocycles. The Balaban J connectivity index is 1.22. The number of likely N-dealkylation sites (tertiary alicyclic amines) is 1. The Bertz CT molecular complexity index is 985. The molecule has 3 aliphatic rings. The molecule has 0 atom stereocenters. The average molecular weight is 401 g/mol. The third kappa shape index (κ3) is 3.12. The minimum Gasteiger partial charge on any atom is -0.334 e. The van der Waals surface area contributed by atoms with Gasteiger partial charge in [0.1, 0.15) is 0 Å². The first kappa shape index (κ1) is 17.8. The van der Waals surface area contributed by atoms with Crippen LogP contribution in [0.15, 0.2) is 35.4 Å². The fourth-order valence-corrected chi connectivity index (χ4v) is 5.37. The van der Waals surface area contributed by atoms with Crippen LogP contribution in [0.3, 0.4) is 0 Å². The van der Waals surface area contributed by atoms with Gasteiger partial charge in [0.05, 0.1) is 16.6 Å². The quantitative estimate of drug-likeness (QED) is 0.760. The average Bonchev–Trinajstić information content (AvgIpc) is 3.16. The molecule has 1 aliphatic carbocycles. The Kier molecular flexibility index (Phi) is 4.24. The van der Waals surface area contributed by atoms with E-state index in [0.717, 1.165) is 18.5 Å². The maximum absolute atomic E-state index is 12.7. The van der Waals surface area contributed by atoms with Crippen molar-refractivity contribution in [3.63, 3.8) is 0 Å². The molecular weight excluding hydrogens is 378 g/mol. The molecule has 0 bridgehead atoms. The molecule has 0 unspecified atom stereocenters. The van der Waals surface area contributed by atoms with E-state index >= 15 is 0 Å². The third-order valence-corrected chi connectivity index (χ3v) is 7.76. The van der Waals surface area contributed by atoms with Gasteiger partial charge in [-0.05, 0) is 49.9 Å². The largest absolute Gasteiger partial charge is 0.334 e. The lowest BCUT2D eigenvalue weighted by molar-refractivity contribution is 0.0498. The molecule has 0 N–H and O–H groups in total. The Morgan fingerprint density at radius 2 is 1.71 bits per heavy atom. The van der Waals surface area contributed by atoms with Crippen LogP contribution in [-0.4, -0.2) is 64.7 Å². The molecule has 3 fully saturated rings. The molecule has 1 aromatic heterocycles. The molecule has 2 aliphatic heterocycles. The number of hydrogen-bond acceptors (Lipinski definition) is 5. The molecule has 1 saturated carbocycles. The van der Waals surface area contributed by atoms with E-state index in [9.17, 15) is 13.2 Å². The number of carbonyl (C=O) groups excluding carboxylic acids is 1. The van der Waals surface area contributed by atoms with E-state index in [2.05, 4.69) is 10.3 Å². The Labute approximate surface area is 164 Å². The van der Waals surface area contributed by atoms with Crippen LogP contribution in [0.25, 0.3) is 0 Å². The van der Waals surface area contributed by atoms with E-state index in [1.54, 1.807) is 17.0 Å². The molecule has 3 heterocycles. The second-order valence-electron chi connectivity index (χ2n) is 7.90. The summed E-state index contributed by atoms with van der Waals surface area (Å²) < 4.78 is 28.5. The van der Waals surface area contributed by atoms with Crippen molar-refractivity contribution >= 4 is 15.9 Å². The summed E-state index contributed by atoms with van der Waals surface area (Å²) in [6.07, 6.45) is 6.19. The lowest BCUT2D eigenvalue weighted by atomic mass is 10.1. The Hall–Kier alpha value is -2.26. The molecule has 2 saturated heterocycles. The predicted molar refractivity (Wildman–Crippen MR) is 101 cm³/mol. The molecular formula is C19H23N5O3S. The van der Waals surface area contributed by atoms with Crippen molar-refractivity contribution in [1.82, 2.24) is 24.2 Å². The van der Waals surface area contributed by atoms with Crippen molar-refractivity contribution in [2.45, 2.75) is 42.5 Å². The lowest BCUT2D eigenvalue weighted by Crippen LogP contribution is -2.50. The zero-order valence-corrected chi connectivity index (χ0v) is 16.4. The van der Waals surface area contributed by atoms with Crippen molar-refractivity contribution in [1.29, 1.82) is 0 Å². The fraction of sp³-hybridized carbons (Fsp3) is 0.526. The van der Waals surface area contributed by atoms with Crippen LogP contribution in [0, 0.1) is 0 Å². The Morgan fingerprint density at radius 1 is 1.04 bits per heavy atom. The van der Waals surface area contributed by atoms with Crippen LogP contribution in [0.2, 0.25) is 0 Å². The first-order chi connectivity index (χ1) is 13.5. The summed E-state index contributed by atoms with van der Waals surface area (Å²) in [6, 6.07) is 6.46. The van der Waals surface area contributed by atoms with Gasteiger partial charge in [-0.3, -0.25) is 4.79 Å². The van der Waals surface area contributed by atoms with Gasteiger partial charge in [-0.15, -0.1) is 5.10 Å². The van der Waals surface area contributed by atoms with E-state index < -0.39 is 10.0 Å². The SMILES string of the molecule is O=C(c1ccc(S(=O)(=O)N2CCCC2)cc1)N1CC(n2cc(C3CC3)nn2)C1. The molecule has 148 valence electrons. The van der Waals surface area contributed by atoms with Crippen molar-refractivity contribution in [2.24, 2.45) is 0 Å². The molecule has 9 heteroatoms. The second kappa shape index (κ2) is 6.66. The van der Waals surface area contributed by atoms with E-state index in [1.807, 2.05) is 10.9 Å². The van der Waals surface area contributed by atoms with Gasteiger partial charge in [-0.25, -0.2) is 13.1 Å². The number of hydrogen-bond donors (Lipinski definition) is 0. The highest BCUT2D eigenvalue weighted by Gasteiger charge is 2.35. The van der Waals surface area contributed by atoms with E-state index in [4.69, 9.17) is 0 Å². The zero-order chi connectivity index (χ0) is 19.3. The third-order valence-electron chi connectivity index (χ3n) is 5.85. The van der Waals surface area contributed by atoms with Crippen molar-refractivity contribution in [2.75, 3.05) is 26.2 Å². The molecule has 5 rings (SSSR count). The number of amides is 1. The number of benzene rings is 1. The van der Waals surface area contributed by atoms with Crippen molar-refractivity contribution in [3.8, 4) is 0 Å². The van der Waals surface area contributed by atoms with Crippen LogP contribution in [0.5, 0.6) is 0 Å². The van der Waals surface area contributed by atoms with Crippen LogP contribution in [-0.2, 0) is 10.0 Å². The summed E-state index contributed by atoms with van der Waals surface area (Å²) >= 11 is 0. The first-order valence-electron chi connectivity index (χ1n) is 9.83.